The molecule has 2 saturated carbocycles. The lowest BCUT2D eigenvalue weighted by Gasteiger charge is -2.36. The van der Waals surface area contributed by atoms with Crippen LogP contribution >= 0.6 is 24.0 Å². The Bertz CT molecular complexity index is 665. The molecular formula is C16H26IN7O. The van der Waals surface area contributed by atoms with Gasteiger partial charge < -0.3 is 19.7 Å². The van der Waals surface area contributed by atoms with Crippen molar-refractivity contribution in [3.8, 4) is 0 Å². The largest absolute Gasteiger partial charge is 0.353 e. The van der Waals surface area contributed by atoms with Crippen molar-refractivity contribution in [2.24, 2.45) is 12.0 Å². The lowest BCUT2D eigenvalue weighted by Crippen LogP contribution is -2.56. The third-order valence-corrected chi connectivity index (χ3v) is 5.01. The van der Waals surface area contributed by atoms with E-state index in [2.05, 4.69) is 20.4 Å². The number of hydrogen-bond acceptors (Lipinski definition) is 4. The molecule has 2 heterocycles. The van der Waals surface area contributed by atoms with Gasteiger partial charge in [0.25, 0.3) is 0 Å². The van der Waals surface area contributed by atoms with E-state index in [4.69, 9.17) is 4.99 Å². The Morgan fingerprint density at radius 2 is 2.00 bits per heavy atom. The van der Waals surface area contributed by atoms with Gasteiger partial charge in [-0.05, 0) is 32.6 Å². The lowest BCUT2D eigenvalue weighted by atomic mass is 10.3. The molecule has 0 spiro atoms. The van der Waals surface area contributed by atoms with Gasteiger partial charge in [0.05, 0.1) is 6.54 Å². The number of aromatic nitrogens is 3. The summed E-state index contributed by atoms with van der Waals surface area (Å²) >= 11 is 0. The predicted octanol–water partition coefficient (Wildman–Crippen LogP) is 0.656. The molecule has 1 aromatic heterocycles. The first kappa shape index (κ1) is 18.4. The van der Waals surface area contributed by atoms with E-state index < -0.39 is 0 Å². The van der Waals surface area contributed by atoms with E-state index in [1.807, 2.05) is 23.4 Å². The molecule has 3 fully saturated rings. The number of amides is 1. The molecule has 1 N–H and O–H groups in total. The normalized spacial score (nSPS) is 21.4. The quantitative estimate of drug-likeness (QED) is 0.407. The molecule has 4 rings (SSSR count). The van der Waals surface area contributed by atoms with E-state index in [9.17, 15) is 4.79 Å². The van der Waals surface area contributed by atoms with Crippen LogP contribution in [-0.2, 0) is 18.4 Å². The highest BCUT2D eigenvalue weighted by atomic mass is 127. The fourth-order valence-corrected chi connectivity index (χ4v) is 3.02. The standard InChI is InChI=1S/C16H25N7O.HI/c1-11-19-20-14(21(11)2)9-17-16(18-12-3-4-12)22-7-8-23(13-5-6-13)15(24)10-22;/h12-13H,3-10H2,1-2H3,(H,17,18);1H. The minimum absolute atomic E-state index is 0. The summed E-state index contributed by atoms with van der Waals surface area (Å²) in [5, 5.41) is 11.7. The molecule has 9 heteroatoms. The Morgan fingerprint density at radius 3 is 2.56 bits per heavy atom. The summed E-state index contributed by atoms with van der Waals surface area (Å²) in [5.41, 5.74) is 0. The number of rotatable bonds is 4. The second-order valence-electron chi connectivity index (χ2n) is 7.02. The Balaban J connectivity index is 0.00000182. The van der Waals surface area contributed by atoms with Crippen molar-refractivity contribution >= 4 is 35.8 Å². The maximum absolute atomic E-state index is 12.4. The zero-order valence-corrected chi connectivity index (χ0v) is 17.1. The Labute approximate surface area is 165 Å². The predicted molar refractivity (Wildman–Crippen MR) is 105 cm³/mol. The van der Waals surface area contributed by atoms with Crippen molar-refractivity contribution in [2.45, 2.75) is 51.2 Å². The summed E-state index contributed by atoms with van der Waals surface area (Å²) < 4.78 is 1.95. The summed E-state index contributed by atoms with van der Waals surface area (Å²) in [6.45, 7) is 4.48. The number of nitrogens with one attached hydrogen (secondary N) is 1. The summed E-state index contributed by atoms with van der Waals surface area (Å²) in [5.74, 6) is 2.78. The zero-order valence-electron chi connectivity index (χ0n) is 14.8. The van der Waals surface area contributed by atoms with Gasteiger partial charge in [-0.25, -0.2) is 4.99 Å². The van der Waals surface area contributed by atoms with E-state index in [1.54, 1.807) is 0 Å². The highest BCUT2D eigenvalue weighted by Crippen LogP contribution is 2.28. The van der Waals surface area contributed by atoms with Crippen molar-refractivity contribution in [2.75, 3.05) is 19.6 Å². The minimum atomic E-state index is 0. The van der Waals surface area contributed by atoms with Crippen molar-refractivity contribution in [1.29, 1.82) is 0 Å². The number of aliphatic imine (C=N–C) groups is 1. The molecule has 1 aliphatic heterocycles. The van der Waals surface area contributed by atoms with Crippen LogP contribution in [0.25, 0.3) is 0 Å². The van der Waals surface area contributed by atoms with Gasteiger partial charge in [-0.3, -0.25) is 4.79 Å². The van der Waals surface area contributed by atoms with Gasteiger partial charge in [-0.1, -0.05) is 0 Å². The topological polar surface area (TPSA) is 78.7 Å². The van der Waals surface area contributed by atoms with Crippen LogP contribution in [0.4, 0.5) is 0 Å². The fourth-order valence-electron chi connectivity index (χ4n) is 3.02. The molecule has 25 heavy (non-hydrogen) atoms. The first-order valence-electron chi connectivity index (χ1n) is 8.82. The highest BCUT2D eigenvalue weighted by molar-refractivity contribution is 14.0. The molecule has 8 nitrogen and oxygen atoms in total. The first-order chi connectivity index (χ1) is 11.6. The van der Waals surface area contributed by atoms with Crippen LogP contribution in [0, 0.1) is 6.92 Å². The molecule has 0 atom stereocenters. The van der Waals surface area contributed by atoms with Crippen LogP contribution in [0.15, 0.2) is 4.99 Å². The number of aryl methyl sites for hydroxylation is 1. The summed E-state index contributed by atoms with van der Waals surface area (Å²) in [6.07, 6.45) is 4.69. The summed E-state index contributed by atoms with van der Waals surface area (Å²) in [4.78, 5) is 21.3. The molecular weight excluding hydrogens is 433 g/mol. The molecule has 3 aliphatic rings. The van der Waals surface area contributed by atoms with Crippen molar-refractivity contribution in [3.63, 3.8) is 0 Å². The van der Waals surface area contributed by atoms with Crippen LogP contribution in [0.1, 0.15) is 37.3 Å². The van der Waals surface area contributed by atoms with Gasteiger partial charge in [0.15, 0.2) is 11.8 Å². The van der Waals surface area contributed by atoms with Gasteiger partial charge in [0.2, 0.25) is 5.91 Å². The number of halogens is 1. The molecule has 0 bridgehead atoms. The second kappa shape index (κ2) is 7.46. The SMILES string of the molecule is Cc1nnc(CN=C(NC2CC2)N2CCN(C3CC3)C(=O)C2)n1C.I. The van der Waals surface area contributed by atoms with Crippen LogP contribution in [-0.4, -0.2) is 68.1 Å². The van der Waals surface area contributed by atoms with Gasteiger partial charge in [-0.2, -0.15) is 0 Å². The third kappa shape index (κ3) is 4.24. The number of hydrogen-bond donors (Lipinski definition) is 1. The van der Waals surface area contributed by atoms with Crippen molar-refractivity contribution in [3.05, 3.63) is 11.6 Å². The number of guanidine groups is 1. The molecule has 1 saturated heterocycles. The highest BCUT2D eigenvalue weighted by Gasteiger charge is 2.37. The molecule has 0 unspecified atom stereocenters. The lowest BCUT2D eigenvalue weighted by molar-refractivity contribution is -0.135. The maximum Gasteiger partial charge on any atom is 0.242 e. The number of carbonyl (C=O) groups is 1. The summed E-state index contributed by atoms with van der Waals surface area (Å²) in [6, 6.07) is 1.000. The Kier molecular flexibility index (Phi) is 5.49. The van der Waals surface area contributed by atoms with E-state index in [1.165, 1.54) is 25.7 Å². The molecule has 2 aliphatic carbocycles. The number of carbonyl (C=O) groups excluding carboxylic acids is 1. The molecule has 0 radical (unpaired) electrons. The van der Waals surface area contributed by atoms with Crippen LogP contribution < -0.4 is 5.32 Å². The summed E-state index contributed by atoms with van der Waals surface area (Å²) in [7, 11) is 1.95. The van der Waals surface area contributed by atoms with Crippen molar-refractivity contribution < 1.29 is 4.79 Å². The zero-order chi connectivity index (χ0) is 16.7. The first-order valence-corrected chi connectivity index (χ1v) is 8.82. The Hall–Kier alpha value is -1.39. The van der Waals surface area contributed by atoms with Crippen LogP contribution in [0.2, 0.25) is 0 Å². The van der Waals surface area contributed by atoms with E-state index in [0.29, 0.717) is 25.2 Å². The number of piperazine rings is 1. The average Bonchev–Trinajstić information content (AvgIpc) is 3.47. The smallest absolute Gasteiger partial charge is 0.242 e. The van der Waals surface area contributed by atoms with E-state index >= 15 is 0 Å². The van der Waals surface area contributed by atoms with Gasteiger partial charge >= 0.3 is 0 Å². The van der Waals surface area contributed by atoms with Gasteiger partial charge in [0, 0.05) is 32.2 Å². The maximum atomic E-state index is 12.4. The second-order valence-corrected chi connectivity index (χ2v) is 7.02. The number of nitrogens with zero attached hydrogens (tertiary/aromatic N) is 6. The third-order valence-electron chi connectivity index (χ3n) is 5.01. The van der Waals surface area contributed by atoms with E-state index in [0.717, 1.165) is 30.7 Å². The molecule has 1 amide bonds. The molecule has 0 aromatic carbocycles. The average molecular weight is 459 g/mol. The van der Waals surface area contributed by atoms with E-state index in [-0.39, 0.29) is 29.9 Å². The minimum Gasteiger partial charge on any atom is -0.353 e. The Morgan fingerprint density at radius 1 is 1.24 bits per heavy atom. The van der Waals surface area contributed by atoms with Crippen LogP contribution in [0.3, 0.4) is 0 Å². The van der Waals surface area contributed by atoms with Crippen LogP contribution in [0.5, 0.6) is 0 Å². The molecule has 1 aromatic rings. The van der Waals surface area contributed by atoms with Gasteiger partial charge in [-0.15, -0.1) is 34.2 Å². The fraction of sp³-hybridized carbons (Fsp3) is 0.750. The van der Waals surface area contributed by atoms with Crippen molar-refractivity contribution in [1.82, 2.24) is 29.9 Å². The molecule has 138 valence electrons. The van der Waals surface area contributed by atoms with Gasteiger partial charge in [0.1, 0.15) is 12.4 Å². The monoisotopic (exact) mass is 459 g/mol.